The predicted molar refractivity (Wildman–Crippen MR) is 120 cm³/mol. The smallest absolute Gasteiger partial charge is 0.242 e. The molecule has 3 rings (SSSR count). The Kier molecular flexibility index (Phi) is 7.70. The molecule has 0 spiro atoms. The van der Waals surface area contributed by atoms with Gasteiger partial charge in [-0.1, -0.05) is 52.7 Å². The molecule has 29 heavy (non-hydrogen) atoms. The Morgan fingerprint density at radius 3 is 2.24 bits per heavy atom. The summed E-state index contributed by atoms with van der Waals surface area (Å²) in [5.41, 5.74) is 2.06. The van der Waals surface area contributed by atoms with Crippen LogP contribution in [0.3, 0.4) is 0 Å². The Labute approximate surface area is 176 Å². The molecule has 2 aromatic rings. The van der Waals surface area contributed by atoms with Gasteiger partial charge in [-0.2, -0.15) is 0 Å². The lowest BCUT2D eigenvalue weighted by atomic mass is 10.1. The fourth-order valence-electron chi connectivity index (χ4n) is 4.31. The molecular weight excluding hydrogens is 360 g/mol. The van der Waals surface area contributed by atoms with E-state index in [1.807, 2.05) is 17.0 Å². The lowest BCUT2D eigenvalue weighted by molar-refractivity contribution is -0.132. The largest absolute Gasteiger partial charge is 0.341 e. The van der Waals surface area contributed by atoms with Crippen LogP contribution in [-0.4, -0.2) is 51.4 Å². The van der Waals surface area contributed by atoms with Gasteiger partial charge in [0.15, 0.2) is 0 Å². The molecule has 1 aliphatic rings. The number of benzene rings is 1. The molecule has 0 unspecified atom stereocenters. The summed E-state index contributed by atoms with van der Waals surface area (Å²) >= 11 is 0. The molecule has 5 heteroatoms. The van der Waals surface area contributed by atoms with E-state index >= 15 is 0 Å². The first-order valence-corrected chi connectivity index (χ1v) is 11.4. The Bertz CT molecular complexity index is 777. The van der Waals surface area contributed by atoms with Crippen molar-refractivity contribution in [1.29, 1.82) is 0 Å². The zero-order valence-electron chi connectivity index (χ0n) is 18.7. The van der Waals surface area contributed by atoms with Crippen LogP contribution in [0.25, 0.3) is 11.0 Å². The Balaban J connectivity index is 1.85. The Morgan fingerprint density at radius 2 is 1.62 bits per heavy atom. The van der Waals surface area contributed by atoms with Crippen molar-refractivity contribution in [3.63, 3.8) is 0 Å². The van der Waals surface area contributed by atoms with Crippen molar-refractivity contribution >= 4 is 16.9 Å². The summed E-state index contributed by atoms with van der Waals surface area (Å²) in [6, 6.07) is 8.22. The normalized spacial score (nSPS) is 15.9. The fraction of sp³-hybridized carbons (Fsp3) is 0.667. The third-order valence-corrected chi connectivity index (χ3v) is 5.61. The molecule has 0 radical (unpaired) electrons. The number of imidazole rings is 1. The molecule has 0 N–H and O–H groups in total. The molecule has 0 atom stereocenters. The van der Waals surface area contributed by atoms with Crippen molar-refractivity contribution in [3.05, 3.63) is 30.1 Å². The number of para-hydroxylation sites is 2. The first-order chi connectivity index (χ1) is 13.9. The quantitative estimate of drug-likeness (QED) is 0.655. The lowest BCUT2D eigenvalue weighted by Crippen LogP contribution is -2.39. The summed E-state index contributed by atoms with van der Waals surface area (Å²) in [6.45, 7) is 13.8. The van der Waals surface area contributed by atoms with E-state index in [4.69, 9.17) is 4.98 Å². The van der Waals surface area contributed by atoms with Crippen molar-refractivity contribution in [1.82, 2.24) is 19.4 Å². The van der Waals surface area contributed by atoms with Gasteiger partial charge in [0.2, 0.25) is 5.91 Å². The molecule has 5 nitrogen and oxygen atoms in total. The maximum absolute atomic E-state index is 13.3. The van der Waals surface area contributed by atoms with Crippen LogP contribution in [-0.2, 0) is 17.9 Å². The van der Waals surface area contributed by atoms with E-state index in [1.165, 1.54) is 25.7 Å². The highest BCUT2D eigenvalue weighted by atomic mass is 16.2. The molecule has 1 saturated heterocycles. The van der Waals surface area contributed by atoms with Crippen LogP contribution in [0.4, 0.5) is 0 Å². The van der Waals surface area contributed by atoms with Crippen LogP contribution >= 0.6 is 0 Å². The van der Waals surface area contributed by atoms with Gasteiger partial charge in [-0.25, -0.2) is 4.98 Å². The standard InChI is InChI=1S/C24H38N4O/c1-19(2)15-27(16-20(3)4)24(29)18-28-22-12-8-7-11-21(22)25-23(28)17-26-13-9-5-6-10-14-26/h7-8,11-12,19-20H,5-6,9-10,13-18H2,1-4H3. The summed E-state index contributed by atoms with van der Waals surface area (Å²) in [4.78, 5) is 22.8. The van der Waals surface area contributed by atoms with Crippen molar-refractivity contribution in [2.24, 2.45) is 11.8 Å². The summed E-state index contributed by atoms with van der Waals surface area (Å²) in [7, 11) is 0. The highest BCUT2D eigenvalue weighted by Gasteiger charge is 2.21. The van der Waals surface area contributed by atoms with E-state index < -0.39 is 0 Å². The van der Waals surface area contributed by atoms with Crippen LogP contribution in [0.15, 0.2) is 24.3 Å². The minimum absolute atomic E-state index is 0.202. The van der Waals surface area contributed by atoms with E-state index in [0.29, 0.717) is 18.4 Å². The molecule has 160 valence electrons. The van der Waals surface area contributed by atoms with Crippen molar-refractivity contribution in [3.8, 4) is 0 Å². The Morgan fingerprint density at radius 1 is 1.00 bits per heavy atom. The topological polar surface area (TPSA) is 41.4 Å². The van der Waals surface area contributed by atoms with E-state index in [2.05, 4.69) is 49.3 Å². The maximum Gasteiger partial charge on any atom is 0.242 e. The third-order valence-electron chi connectivity index (χ3n) is 5.61. The van der Waals surface area contributed by atoms with Gasteiger partial charge in [-0.05, 0) is 49.9 Å². The molecular formula is C24H38N4O. The first kappa shape index (κ1) is 21.8. The summed E-state index contributed by atoms with van der Waals surface area (Å²) in [6.07, 6.45) is 5.17. The molecule has 0 aliphatic carbocycles. The van der Waals surface area contributed by atoms with Gasteiger partial charge in [-0.3, -0.25) is 9.69 Å². The minimum Gasteiger partial charge on any atom is -0.341 e. The SMILES string of the molecule is CC(C)CN(CC(C)C)C(=O)Cn1c(CN2CCCCCC2)nc2ccccc21. The highest BCUT2D eigenvalue weighted by molar-refractivity contribution is 5.81. The minimum atomic E-state index is 0.202. The average molecular weight is 399 g/mol. The van der Waals surface area contributed by atoms with Crippen molar-refractivity contribution < 1.29 is 4.79 Å². The predicted octanol–water partition coefficient (Wildman–Crippen LogP) is 4.55. The van der Waals surface area contributed by atoms with Crippen molar-refractivity contribution in [2.75, 3.05) is 26.2 Å². The summed E-state index contributed by atoms with van der Waals surface area (Å²) in [5.74, 6) is 2.16. The average Bonchev–Trinajstić information content (AvgIpc) is 2.82. The molecule has 1 fully saturated rings. The van der Waals surface area contributed by atoms with Gasteiger partial charge >= 0.3 is 0 Å². The van der Waals surface area contributed by atoms with Crippen LogP contribution in [0.2, 0.25) is 0 Å². The van der Waals surface area contributed by atoms with Crippen LogP contribution in [0, 0.1) is 11.8 Å². The number of rotatable bonds is 8. The van der Waals surface area contributed by atoms with Crippen LogP contribution < -0.4 is 0 Å². The molecule has 0 saturated carbocycles. The molecule has 1 amide bonds. The molecule has 0 bridgehead atoms. The zero-order chi connectivity index (χ0) is 20.8. The number of hydrogen-bond acceptors (Lipinski definition) is 3. The van der Waals surface area contributed by atoms with Gasteiger partial charge in [0.25, 0.3) is 0 Å². The van der Waals surface area contributed by atoms with E-state index in [-0.39, 0.29) is 5.91 Å². The van der Waals surface area contributed by atoms with Crippen molar-refractivity contribution in [2.45, 2.75) is 66.5 Å². The second kappa shape index (κ2) is 10.2. The molecule has 1 aliphatic heterocycles. The van der Waals surface area contributed by atoms with Gasteiger partial charge in [-0.15, -0.1) is 0 Å². The lowest BCUT2D eigenvalue weighted by Gasteiger charge is -2.27. The maximum atomic E-state index is 13.3. The summed E-state index contributed by atoms with van der Waals surface area (Å²) in [5, 5.41) is 0. The van der Waals surface area contributed by atoms with Gasteiger partial charge in [0.1, 0.15) is 12.4 Å². The fourth-order valence-corrected chi connectivity index (χ4v) is 4.31. The number of aromatic nitrogens is 2. The zero-order valence-corrected chi connectivity index (χ0v) is 18.7. The number of carbonyl (C=O) groups is 1. The number of carbonyl (C=O) groups excluding carboxylic acids is 1. The second-order valence-corrected chi connectivity index (χ2v) is 9.38. The van der Waals surface area contributed by atoms with Gasteiger partial charge < -0.3 is 9.47 Å². The summed E-state index contributed by atoms with van der Waals surface area (Å²) < 4.78 is 2.16. The van der Waals surface area contributed by atoms with E-state index in [1.54, 1.807) is 0 Å². The molecule has 1 aromatic carbocycles. The number of fused-ring (bicyclic) bond motifs is 1. The van der Waals surface area contributed by atoms with E-state index in [0.717, 1.165) is 49.6 Å². The van der Waals surface area contributed by atoms with Crippen LogP contribution in [0.5, 0.6) is 0 Å². The highest BCUT2D eigenvalue weighted by Crippen LogP contribution is 2.20. The number of nitrogens with zero attached hydrogens (tertiary/aromatic N) is 4. The number of amides is 1. The van der Waals surface area contributed by atoms with Crippen LogP contribution in [0.1, 0.15) is 59.2 Å². The van der Waals surface area contributed by atoms with E-state index in [9.17, 15) is 4.79 Å². The Hall–Kier alpha value is -1.88. The first-order valence-electron chi connectivity index (χ1n) is 11.4. The third kappa shape index (κ3) is 6.05. The monoisotopic (exact) mass is 398 g/mol. The van der Waals surface area contributed by atoms with Gasteiger partial charge in [0, 0.05) is 13.1 Å². The number of likely N-dealkylation sites (tertiary alicyclic amines) is 1. The molecule has 1 aromatic heterocycles. The molecule has 2 heterocycles. The van der Waals surface area contributed by atoms with Gasteiger partial charge in [0.05, 0.1) is 17.6 Å². The second-order valence-electron chi connectivity index (χ2n) is 9.38. The number of hydrogen-bond donors (Lipinski definition) is 0.